The molecule has 4 amide bonds. The minimum absolute atomic E-state index is 0.00250. The molecule has 0 radical (unpaired) electrons. The average molecular weight is 1140 g/mol. The summed E-state index contributed by atoms with van der Waals surface area (Å²) in [6.45, 7) is 12.1. The number of nitrogens with zero attached hydrogens (tertiary/aromatic N) is 5. The second kappa shape index (κ2) is 29.2. The van der Waals surface area contributed by atoms with Crippen LogP contribution in [0.15, 0.2) is 60.2 Å². The summed E-state index contributed by atoms with van der Waals surface area (Å²) in [6.07, 6.45) is 8.13. The van der Waals surface area contributed by atoms with Gasteiger partial charge in [-0.05, 0) is 109 Å². The van der Waals surface area contributed by atoms with Crippen LogP contribution in [0.25, 0.3) is 10.4 Å². The Hall–Kier alpha value is -5.00. The van der Waals surface area contributed by atoms with E-state index >= 15 is 0 Å². The van der Waals surface area contributed by atoms with E-state index in [0.717, 1.165) is 87.5 Å². The van der Waals surface area contributed by atoms with E-state index in [9.17, 15) is 24.3 Å². The summed E-state index contributed by atoms with van der Waals surface area (Å²) in [6, 6.07) is 13.7. The number of unbranched alkanes of at least 4 members (excludes halogenated alkanes) is 1. The van der Waals surface area contributed by atoms with E-state index in [2.05, 4.69) is 58.8 Å². The van der Waals surface area contributed by atoms with Crippen LogP contribution in [0.1, 0.15) is 89.8 Å². The van der Waals surface area contributed by atoms with Crippen molar-refractivity contribution in [3.8, 4) is 16.2 Å². The molecule has 5 N–H and O–H groups in total. The van der Waals surface area contributed by atoms with Crippen LogP contribution in [0.3, 0.4) is 0 Å². The number of hydrogen-bond acceptors (Lipinski definition) is 15. The molecule has 20 heteroatoms. The SMILES string of the molecule is Cc1ncsc1-c1ccc(CNC(=O)[C@@H]2C[C@@H](O)CN2C(=O)[C@@H](NC(=O)COCCCOCCCCOCCCOc2ccc(Nc3ncc(I)c(NCCCN(C)C(=O)C4CCC4)n3)cc2)C(C)(C)C)cc1. The lowest BCUT2D eigenvalue weighted by Crippen LogP contribution is -2.58. The van der Waals surface area contributed by atoms with E-state index < -0.39 is 35.4 Å². The lowest BCUT2D eigenvalue weighted by Gasteiger charge is -2.35. The number of benzene rings is 2. The van der Waals surface area contributed by atoms with Crippen molar-refractivity contribution in [2.24, 2.45) is 11.3 Å². The second-order valence-electron chi connectivity index (χ2n) is 19.7. The Balaban J connectivity index is 0.763. The van der Waals surface area contributed by atoms with Crippen molar-refractivity contribution in [2.45, 2.75) is 110 Å². The van der Waals surface area contributed by atoms with E-state index in [1.54, 1.807) is 17.5 Å². The summed E-state index contributed by atoms with van der Waals surface area (Å²) in [5, 5.41) is 22.9. The molecule has 1 saturated carbocycles. The van der Waals surface area contributed by atoms with Gasteiger partial charge >= 0.3 is 0 Å². The first-order valence-corrected chi connectivity index (χ1v) is 27.4. The molecule has 6 rings (SSSR count). The number of carbonyl (C=O) groups excluding carboxylic acids is 4. The third kappa shape index (κ3) is 18.4. The molecule has 2 aliphatic rings. The molecule has 4 aromatic rings. The van der Waals surface area contributed by atoms with Gasteiger partial charge in [-0.2, -0.15) is 4.98 Å². The zero-order chi connectivity index (χ0) is 52.2. The molecule has 3 heterocycles. The highest BCUT2D eigenvalue weighted by Crippen LogP contribution is 2.30. The largest absolute Gasteiger partial charge is 0.494 e. The Bertz CT molecular complexity index is 2370. The molecule has 3 atom stereocenters. The van der Waals surface area contributed by atoms with Crippen molar-refractivity contribution in [1.29, 1.82) is 0 Å². The molecule has 1 aliphatic carbocycles. The van der Waals surface area contributed by atoms with Crippen LogP contribution in [-0.2, 0) is 39.9 Å². The maximum absolute atomic E-state index is 13.9. The lowest BCUT2D eigenvalue weighted by molar-refractivity contribution is -0.144. The number of nitrogens with one attached hydrogen (secondary N) is 4. The van der Waals surface area contributed by atoms with E-state index in [1.807, 2.05) is 93.7 Å². The van der Waals surface area contributed by atoms with Gasteiger partial charge in [-0.3, -0.25) is 19.2 Å². The first-order chi connectivity index (χ1) is 35.2. The molecule has 2 aromatic carbocycles. The number of rotatable bonds is 30. The van der Waals surface area contributed by atoms with Crippen LogP contribution in [0.2, 0.25) is 0 Å². The maximum Gasteiger partial charge on any atom is 0.246 e. The number of hydrogen-bond donors (Lipinski definition) is 5. The predicted molar refractivity (Wildman–Crippen MR) is 291 cm³/mol. The summed E-state index contributed by atoms with van der Waals surface area (Å²) in [5.41, 5.74) is 4.90. The zero-order valence-corrected chi connectivity index (χ0v) is 45.9. The number of amides is 4. The number of carbonyl (C=O) groups is 4. The zero-order valence-electron chi connectivity index (χ0n) is 43.0. The van der Waals surface area contributed by atoms with E-state index in [1.165, 1.54) is 4.90 Å². The van der Waals surface area contributed by atoms with Gasteiger partial charge in [0.05, 0.1) is 32.4 Å². The number of thiazole rings is 1. The number of aliphatic hydroxyl groups excluding tert-OH is 1. The Morgan fingerprint density at radius 1 is 0.904 bits per heavy atom. The topological polar surface area (TPSA) is 219 Å². The molecule has 398 valence electrons. The van der Waals surface area contributed by atoms with Crippen LogP contribution in [0.4, 0.5) is 17.5 Å². The fourth-order valence-electron chi connectivity index (χ4n) is 8.29. The van der Waals surface area contributed by atoms with Gasteiger partial charge in [-0.25, -0.2) is 9.97 Å². The van der Waals surface area contributed by atoms with Crippen LogP contribution in [-0.4, -0.2) is 145 Å². The van der Waals surface area contributed by atoms with Gasteiger partial charge in [0.25, 0.3) is 0 Å². The highest BCUT2D eigenvalue weighted by atomic mass is 127. The average Bonchev–Trinajstić information content (AvgIpc) is 3.97. The highest BCUT2D eigenvalue weighted by molar-refractivity contribution is 14.1. The molecule has 1 saturated heterocycles. The van der Waals surface area contributed by atoms with E-state index in [-0.39, 0.29) is 43.8 Å². The van der Waals surface area contributed by atoms with Crippen molar-refractivity contribution < 1.29 is 43.2 Å². The molecule has 0 unspecified atom stereocenters. The smallest absolute Gasteiger partial charge is 0.246 e. The second-order valence-corrected chi connectivity index (χ2v) is 21.7. The maximum atomic E-state index is 13.9. The Kier molecular flexibility index (Phi) is 22.9. The van der Waals surface area contributed by atoms with Gasteiger partial charge < -0.3 is 55.1 Å². The van der Waals surface area contributed by atoms with Crippen LogP contribution < -0.4 is 26.0 Å². The summed E-state index contributed by atoms with van der Waals surface area (Å²) < 4.78 is 24.0. The summed E-state index contributed by atoms with van der Waals surface area (Å²) in [4.78, 5) is 70.5. The summed E-state index contributed by atoms with van der Waals surface area (Å²) in [5.74, 6) is 1.26. The van der Waals surface area contributed by atoms with Crippen molar-refractivity contribution in [2.75, 3.05) is 83.6 Å². The van der Waals surface area contributed by atoms with Gasteiger partial charge in [0, 0.05) is 96.9 Å². The quantitative estimate of drug-likeness (QED) is 0.0260. The monoisotopic (exact) mass is 1140 g/mol. The number of ether oxygens (including phenoxy) is 4. The molecular weight excluding hydrogens is 1070 g/mol. The first kappa shape index (κ1) is 57.3. The fourth-order valence-corrected chi connectivity index (χ4v) is 9.55. The van der Waals surface area contributed by atoms with Crippen LogP contribution in [0.5, 0.6) is 5.75 Å². The fraction of sp³-hybridized carbons (Fsp3) is 0.566. The number of anilines is 3. The minimum atomic E-state index is -0.939. The van der Waals surface area contributed by atoms with Gasteiger partial charge in [-0.1, -0.05) is 51.5 Å². The summed E-state index contributed by atoms with van der Waals surface area (Å²) in [7, 11) is 1.89. The Morgan fingerprint density at radius 2 is 1.59 bits per heavy atom. The van der Waals surface area contributed by atoms with Gasteiger partial charge in [-0.15, -0.1) is 11.3 Å². The number of aryl methyl sites for hydroxylation is 1. The molecule has 1 aliphatic heterocycles. The predicted octanol–water partition coefficient (Wildman–Crippen LogP) is 7.12. The first-order valence-electron chi connectivity index (χ1n) is 25.5. The molecular formula is C53H74IN9O9S. The third-order valence-corrected chi connectivity index (χ3v) is 14.5. The van der Waals surface area contributed by atoms with Gasteiger partial charge in [0.1, 0.15) is 30.3 Å². The molecule has 0 spiro atoms. The van der Waals surface area contributed by atoms with Crippen LogP contribution in [0, 0.1) is 21.8 Å². The molecule has 18 nitrogen and oxygen atoms in total. The van der Waals surface area contributed by atoms with Crippen molar-refractivity contribution in [3.05, 3.63) is 75.1 Å². The normalized spacial score (nSPS) is 16.1. The molecule has 2 fully saturated rings. The standard InChI is InChI=1S/C53H74IN9O9S/c1-36-46(73-35-58-36)38-16-14-37(15-17-38)31-56-49(66)44-30-41(64)33-63(44)51(68)47(53(2,3)4)60-45(65)34-71-28-10-26-69-24-6-7-25-70-27-11-29-72-42-20-18-40(19-21-42)59-52-57-32-43(54)48(61-52)55-22-9-23-62(5)50(67)39-12-8-13-39/h14-21,32,35,39,41,44,47,64H,6-13,22-31,33-34H2,1-5H3,(H,56,66)(H,60,65)(H2,55,57,59,61)/t41-,44+,47-/m1/s1. The number of aromatic nitrogens is 3. The van der Waals surface area contributed by atoms with Crippen molar-refractivity contribution in [3.63, 3.8) is 0 Å². The number of likely N-dealkylation sites (tertiary alicyclic amines) is 1. The van der Waals surface area contributed by atoms with E-state index in [0.29, 0.717) is 65.1 Å². The molecule has 73 heavy (non-hydrogen) atoms. The summed E-state index contributed by atoms with van der Waals surface area (Å²) >= 11 is 3.79. The van der Waals surface area contributed by atoms with E-state index in [4.69, 9.17) is 18.9 Å². The van der Waals surface area contributed by atoms with Gasteiger partial charge in [0.15, 0.2) is 0 Å². The van der Waals surface area contributed by atoms with Crippen LogP contribution >= 0.6 is 33.9 Å². The van der Waals surface area contributed by atoms with Crippen molar-refractivity contribution in [1.82, 2.24) is 35.4 Å². The Morgan fingerprint density at radius 3 is 2.25 bits per heavy atom. The Labute approximate surface area is 447 Å². The van der Waals surface area contributed by atoms with Crippen molar-refractivity contribution >= 4 is 75.0 Å². The van der Waals surface area contributed by atoms with Gasteiger partial charge in [0.2, 0.25) is 29.6 Å². The minimum Gasteiger partial charge on any atom is -0.494 e. The highest BCUT2D eigenvalue weighted by Gasteiger charge is 2.44. The number of aliphatic hydroxyl groups is 1. The number of β-amino-alcohol motifs (C(OH)–C–C–N with tert-alkyl or cyclic N) is 1. The third-order valence-electron chi connectivity index (χ3n) is 12.7. The molecule has 2 aromatic heterocycles. The lowest BCUT2D eigenvalue weighted by atomic mass is 9.84. The number of halogens is 1. The molecule has 0 bridgehead atoms.